The van der Waals surface area contributed by atoms with Crippen LogP contribution in [0.1, 0.15) is 24.1 Å². The van der Waals surface area contributed by atoms with E-state index < -0.39 is 6.09 Å². The molecule has 5 heterocycles. The van der Waals surface area contributed by atoms with Crippen molar-refractivity contribution in [2.24, 2.45) is 0 Å². The van der Waals surface area contributed by atoms with Crippen LogP contribution in [0, 0.1) is 6.92 Å². The third-order valence-corrected chi connectivity index (χ3v) is 8.24. The van der Waals surface area contributed by atoms with Crippen LogP contribution in [0.15, 0.2) is 84.5 Å². The Morgan fingerprint density at radius 2 is 1.83 bits per heavy atom. The van der Waals surface area contributed by atoms with E-state index in [1.54, 1.807) is 6.20 Å². The molecular formula is C32H29N7O2S. The van der Waals surface area contributed by atoms with Crippen molar-refractivity contribution in [3.05, 3.63) is 95.8 Å². The number of aryl methyl sites for hydroxylation is 1. The summed E-state index contributed by atoms with van der Waals surface area (Å²) in [6.45, 7) is 4.55. The molecule has 1 fully saturated rings. The van der Waals surface area contributed by atoms with E-state index in [-0.39, 0.29) is 6.10 Å². The van der Waals surface area contributed by atoms with E-state index in [0.29, 0.717) is 5.13 Å². The topological polar surface area (TPSA) is 97.5 Å². The van der Waals surface area contributed by atoms with Gasteiger partial charge in [0, 0.05) is 60.0 Å². The first kappa shape index (κ1) is 26.2. The molecule has 0 atom stereocenters. The molecule has 0 saturated carbocycles. The maximum absolute atomic E-state index is 12.2. The number of hydrogen-bond donors (Lipinski definition) is 1. The monoisotopic (exact) mass is 575 g/mol. The summed E-state index contributed by atoms with van der Waals surface area (Å²) in [7, 11) is 0. The SMILES string of the molecule is Cc1cc2ncc3cc(-c4ccccc4)c(-c4ccc(CN5CCC(OC(=O)Nc6nccs6)CC5)cc4)nc3n2n1. The molecule has 210 valence electrons. The van der Waals surface area contributed by atoms with Gasteiger partial charge in [0.2, 0.25) is 0 Å². The molecule has 6 aromatic rings. The second-order valence-corrected chi connectivity index (χ2v) is 11.4. The molecule has 0 bridgehead atoms. The molecule has 2 aromatic carbocycles. The van der Waals surface area contributed by atoms with E-state index in [1.165, 1.54) is 16.9 Å². The van der Waals surface area contributed by atoms with Crippen molar-refractivity contribution in [2.45, 2.75) is 32.4 Å². The Hall–Kier alpha value is -4.67. The van der Waals surface area contributed by atoms with E-state index in [4.69, 9.17) is 9.72 Å². The molecule has 1 aliphatic heterocycles. The van der Waals surface area contributed by atoms with Gasteiger partial charge >= 0.3 is 6.09 Å². The number of benzene rings is 2. The Labute approximate surface area is 246 Å². The Bertz CT molecular complexity index is 1850. The largest absolute Gasteiger partial charge is 0.446 e. The quantitative estimate of drug-likeness (QED) is 0.239. The number of ether oxygens (including phenoxy) is 1. The summed E-state index contributed by atoms with van der Waals surface area (Å²) >= 11 is 1.37. The fourth-order valence-electron chi connectivity index (χ4n) is 5.48. The molecule has 1 amide bonds. The summed E-state index contributed by atoms with van der Waals surface area (Å²) in [5, 5.41) is 10.7. The van der Waals surface area contributed by atoms with E-state index in [1.807, 2.05) is 47.3 Å². The predicted octanol–water partition coefficient (Wildman–Crippen LogP) is 6.59. The Morgan fingerprint density at radius 3 is 2.60 bits per heavy atom. The van der Waals surface area contributed by atoms with Gasteiger partial charge in [-0.05, 0) is 37.0 Å². The molecule has 0 aliphatic carbocycles. The number of nitrogens with one attached hydrogen (secondary N) is 1. The van der Waals surface area contributed by atoms with Gasteiger partial charge in [-0.2, -0.15) is 9.61 Å². The summed E-state index contributed by atoms with van der Waals surface area (Å²) < 4.78 is 7.43. The molecule has 1 saturated heterocycles. The highest BCUT2D eigenvalue weighted by molar-refractivity contribution is 7.13. The first-order chi connectivity index (χ1) is 20.6. The number of piperidine rings is 1. The lowest BCUT2D eigenvalue weighted by Gasteiger charge is -2.31. The number of anilines is 1. The first-order valence-corrected chi connectivity index (χ1v) is 14.9. The summed E-state index contributed by atoms with van der Waals surface area (Å²) in [5.74, 6) is 0. The first-order valence-electron chi connectivity index (χ1n) is 14.0. The van der Waals surface area contributed by atoms with Crippen molar-refractivity contribution in [1.29, 1.82) is 0 Å². The number of pyridine rings is 1. The highest BCUT2D eigenvalue weighted by Gasteiger charge is 2.23. The van der Waals surface area contributed by atoms with Crippen LogP contribution < -0.4 is 5.32 Å². The summed E-state index contributed by atoms with van der Waals surface area (Å²) in [4.78, 5) is 28.4. The zero-order valence-electron chi connectivity index (χ0n) is 23.1. The van der Waals surface area contributed by atoms with Crippen LogP contribution in [0.25, 0.3) is 39.1 Å². The van der Waals surface area contributed by atoms with Crippen LogP contribution in [0.3, 0.4) is 0 Å². The minimum atomic E-state index is -0.434. The number of aromatic nitrogens is 5. The molecule has 1 aliphatic rings. The van der Waals surface area contributed by atoms with Gasteiger partial charge in [0.1, 0.15) is 6.10 Å². The Kier molecular flexibility index (Phi) is 7.06. The molecule has 7 rings (SSSR count). The molecule has 42 heavy (non-hydrogen) atoms. The van der Waals surface area contributed by atoms with Crippen LogP contribution in [-0.2, 0) is 11.3 Å². The Morgan fingerprint density at radius 1 is 1.02 bits per heavy atom. The summed E-state index contributed by atoms with van der Waals surface area (Å²) in [5.41, 5.74) is 7.84. The highest BCUT2D eigenvalue weighted by atomic mass is 32.1. The summed E-state index contributed by atoms with van der Waals surface area (Å²) in [6, 6.07) is 23.1. The van der Waals surface area contributed by atoms with Crippen LogP contribution in [-0.4, -0.2) is 54.8 Å². The molecule has 0 spiro atoms. The van der Waals surface area contributed by atoms with Crippen LogP contribution >= 0.6 is 11.3 Å². The standard InChI is InChI=1S/C32H29N7O2S/c1-21-17-28-34-19-25-18-27(23-5-3-2-4-6-23)29(35-30(25)39(28)37-21)24-9-7-22(8-10-24)20-38-14-11-26(12-15-38)41-32(40)36-31-33-13-16-42-31/h2-10,13,16-19,26H,11-12,14-15,20H2,1H3,(H,33,36,40). The molecule has 9 nitrogen and oxygen atoms in total. The van der Waals surface area contributed by atoms with Crippen molar-refractivity contribution in [2.75, 3.05) is 18.4 Å². The van der Waals surface area contributed by atoms with Gasteiger partial charge in [0.05, 0.1) is 11.4 Å². The molecule has 1 N–H and O–H groups in total. The lowest BCUT2D eigenvalue weighted by Crippen LogP contribution is -2.38. The number of rotatable bonds is 6. The highest BCUT2D eigenvalue weighted by Crippen LogP contribution is 2.34. The lowest BCUT2D eigenvalue weighted by atomic mass is 9.97. The molecule has 4 aromatic heterocycles. The van der Waals surface area contributed by atoms with Crippen molar-refractivity contribution < 1.29 is 9.53 Å². The third kappa shape index (κ3) is 5.46. The van der Waals surface area contributed by atoms with Crippen LogP contribution in [0.4, 0.5) is 9.93 Å². The summed E-state index contributed by atoms with van der Waals surface area (Å²) in [6.07, 6.45) is 4.62. The van der Waals surface area contributed by atoms with Gasteiger partial charge < -0.3 is 4.74 Å². The minimum absolute atomic E-state index is 0.0841. The second kappa shape index (κ2) is 11.3. The number of carbonyl (C=O) groups is 1. The lowest BCUT2D eigenvalue weighted by molar-refractivity contribution is 0.0567. The van der Waals surface area contributed by atoms with Gasteiger partial charge in [-0.3, -0.25) is 10.2 Å². The normalized spacial score (nSPS) is 14.4. The smallest absolute Gasteiger partial charge is 0.413 e. The fourth-order valence-corrected chi connectivity index (χ4v) is 5.99. The van der Waals surface area contributed by atoms with Gasteiger partial charge in [-0.1, -0.05) is 54.6 Å². The van der Waals surface area contributed by atoms with Gasteiger partial charge in [-0.15, -0.1) is 11.3 Å². The van der Waals surface area contributed by atoms with Crippen molar-refractivity contribution in [3.63, 3.8) is 0 Å². The van der Waals surface area contributed by atoms with Crippen molar-refractivity contribution in [1.82, 2.24) is 29.5 Å². The number of carbonyl (C=O) groups excluding carboxylic acids is 1. The number of hydrogen-bond acceptors (Lipinski definition) is 8. The number of fused-ring (bicyclic) bond motifs is 3. The van der Waals surface area contributed by atoms with E-state index in [9.17, 15) is 4.79 Å². The number of likely N-dealkylation sites (tertiary alicyclic amines) is 1. The fraction of sp³-hybridized carbons (Fsp3) is 0.219. The maximum atomic E-state index is 12.2. The van der Waals surface area contributed by atoms with E-state index in [0.717, 1.165) is 77.2 Å². The maximum Gasteiger partial charge on any atom is 0.413 e. The van der Waals surface area contributed by atoms with Crippen molar-refractivity contribution in [3.8, 4) is 22.4 Å². The Balaban J connectivity index is 1.08. The van der Waals surface area contributed by atoms with E-state index >= 15 is 0 Å². The van der Waals surface area contributed by atoms with Gasteiger partial charge in [0.15, 0.2) is 16.4 Å². The molecule has 0 radical (unpaired) electrons. The molecule has 10 heteroatoms. The van der Waals surface area contributed by atoms with Crippen molar-refractivity contribution >= 4 is 39.2 Å². The number of amides is 1. The zero-order chi connectivity index (χ0) is 28.5. The molecular weight excluding hydrogens is 546 g/mol. The minimum Gasteiger partial charge on any atom is -0.446 e. The number of thiazole rings is 1. The van der Waals surface area contributed by atoms with Crippen LogP contribution in [0.2, 0.25) is 0 Å². The third-order valence-electron chi connectivity index (χ3n) is 7.55. The average Bonchev–Trinajstić information content (AvgIpc) is 3.67. The van der Waals surface area contributed by atoms with Crippen LogP contribution in [0.5, 0.6) is 0 Å². The number of nitrogens with zero attached hydrogens (tertiary/aromatic N) is 6. The van der Waals surface area contributed by atoms with Gasteiger partial charge in [-0.25, -0.2) is 19.7 Å². The van der Waals surface area contributed by atoms with Gasteiger partial charge in [0.25, 0.3) is 0 Å². The molecule has 0 unspecified atom stereocenters. The average molecular weight is 576 g/mol. The zero-order valence-corrected chi connectivity index (χ0v) is 23.9. The van der Waals surface area contributed by atoms with E-state index in [2.05, 4.69) is 67.7 Å². The predicted molar refractivity (Wildman–Crippen MR) is 164 cm³/mol. The second-order valence-electron chi connectivity index (χ2n) is 10.5.